The van der Waals surface area contributed by atoms with Crippen molar-refractivity contribution in [1.29, 1.82) is 0 Å². The molecule has 0 amide bonds. The average molecular weight is 377 g/mol. The first-order valence-electron chi connectivity index (χ1n) is 7.85. The summed E-state index contributed by atoms with van der Waals surface area (Å²) in [5.74, 6) is -0.256. The summed E-state index contributed by atoms with van der Waals surface area (Å²) in [6, 6.07) is 6.49. The molecule has 1 aliphatic rings. The summed E-state index contributed by atoms with van der Waals surface area (Å²) in [5.41, 5.74) is 0.238. The number of carbonyl (C=O) groups is 1. The van der Waals surface area contributed by atoms with Crippen LogP contribution in [-0.4, -0.2) is 41.1 Å². The van der Waals surface area contributed by atoms with Gasteiger partial charge in [0.2, 0.25) is 10.0 Å². The van der Waals surface area contributed by atoms with Crippen molar-refractivity contribution in [1.82, 2.24) is 10.0 Å². The second-order valence-corrected chi connectivity index (χ2v) is 7.51. The van der Waals surface area contributed by atoms with E-state index in [9.17, 15) is 13.2 Å². The van der Waals surface area contributed by atoms with Gasteiger partial charge in [-0.2, -0.15) is 0 Å². The van der Waals surface area contributed by atoms with Crippen LogP contribution < -0.4 is 10.0 Å². The number of benzene rings is 1. The number of methoxy groups -OCH3 is 1. The lowest BCUT2D eigenvalue weighted by Crippen LogP contribution is -2.32. The van der Waals surface area contributed by atoms with Gasteiger partial charge in [-0.05, 0) is 43.5 Å². The van der Waals surface area contributed by atoms with Crippen molar-refractivity contribution in [3.63, 3.8) is 0 Å². The topological polar surface area (TPSA) is 84.5 Å². The second kappa shape index (κ2) is 8.80. The minimum absolute atomic E-state index is 0. The van der Waals surface area contributed by atoms with E-state index in [4.69, 9.17) is 4.74 Å². The van der Waals surface area contributed by atoms with Crippen molar-refractivity contribution in [3.05, 3.63) is 29.8 Å². The quantitative estimate of drug-likeness (QED) is 0.505. The Morgan fingerprint density at radius 2 is 1.79 bits per heavy atom. The van der Waals surface area contributed by atoms with Gasteiger partial charge in [0, 0.05) is 13.1 Å². The molecule has 24 heavy (non-hydrogen) atoms. The standard InChI is InChI=1S/C16H24N2O4S.ClH/c1-3-10-17-11-12-18-23(20,21)14-6-4-13(5-7-14)16(8-9-16)15(19)22-2;/h4-7,17-18H,3,8-12H2,1-2H3;1H. The fourth-order valence-electron chi connectivity index (χ4n) is 2.54. The highest BCUT2D eigenvalue weighted by Gasteiger charge is 2.52. The highest BCUT2D eigenvalue weighted by molar-refractivity contribution is 7.89. The maximum absolute atomic E-state index is 12.2. The number of sulfonamides is 1. The number of ether oxygens (including phenoxy) is 1. The molecule has 1 aliphatic carbocycles. The second-order valence-electron chi connectivity index (χ2n) is 5.75. The number of hydrogen-bond acceptors (Lipinski definition) is 5. The predicted octanol–water partition coefficient (Wildman–Crippen LogP) is 1.59. The summed E-state index contributed by atoms with van der Waals surface area (Å²) in [6.07, 6.45) is 2.50. The third-order valence-electron chi connectivity index (χ3n) is 4.06. The van der Waals surface area contributed by atoms with E-state index in [0.29, 0.717) is 13.1 Å². The molecule has 0 saturated heterocycles. The Balaban J connectivity index is 0.00000288. The largest absolute Gasteiger partial charge is 0.468 e. The summed E-state index contributed by atoms with van der Waals surface area (Å²) in [4.78, 5) is 12.1. The summed E-state index contributed by atoms with van der Waals surface area (Å²) in [5, 5.41) is 3.14. The van der Waals surface area contributed by atoms with Gasteiger partial charge < -0.3 is 10.1 Å². The summed E-state index contributed by atoms with van der Waals surface area (Å²) >= 11 is 0. The molecule has 8 heteroatoms. The Bertz CT molecular complexity index is 643. The Morgan fingerprint density at radius 3 is 2.29 bits per heavy atom. The van der Waals surface area contributed by atoms with E-state index in [0.717, 1.165) is 31.4 Å². The maximum atomic E-state index is 12.2. The molecule has 0 aliphatic heterocycles. The molecule has 0 bridgehead atoms. The molecule has 1 saturated carbocycles. The minimum atomic E-state index is -3.52. The zero-order chi connectivity index (χ0) is 16.9. The number of nitrogens with one attached hydrogen (secondary N) is 2. The molecule has 0 radical (unpaired) electrons. The van der Waals surface area contributed by atoms with E-state index in [-0.39, 0.29) is 23.3 Å². The van der Waals surface area contributed by atoms with E-state index in [1.807, 2.05) is 0 Å². The number of halogens is 1. The molecule has 0 atom stereocenters. The molecule has 0 aromatic heterocycles. The molecule has 0 spiro atoms. The highest BCUT2D eigenvalue weighted by atomic mass is 35.5. The van der Waals surface area contributed by atoms with Gasteiger partial charge in [-0.3, -0.25) is 4.79 Å². The molecule has 6 nitrogen and oxygen atoms in total. The van der Waals surface area contributed by atoms with Crippen LogP contribution in [0.25, 0.3) is 0 Å². The molecule has 2 rings (SSSR count). The zero-order valence-corrected chi connectivity index (χ0v) is 15.6. The van der Waals surface area contributed by atoms with Crippen LogP contribution >= 0.6 is 12.4 Å². The predicted molar refractivity (Wildman–Crippen MR) is 95.0 cm³/mol. The SMILES string of the molecule is CCCNCCNS(=O)(=O)c1ccc(C2(C(=O)OC)CC2)cc1.Cl. The van der Waals surface area contributed by atoms with Gasteiger partial charge in [0.25, 0.3) is 0 Å². The highest BCUT2D eigenvalue weighted by Crippen LogP contribution is 2.49. The summed E-state index contributed by atoms with van der Waals surface area (Å²) in [7, 11) is -2.15. The van der Waals surface area contributed by atoms with Gasteiger partial charge in [-0.15, -0.1) is 12.4 Å². The van der Waals surface area contributed by atoms with E-state index >= 15 is 0 Å². The third-order valence-corrected chi connectivity index (χ3v) is 5.54. The number of rotatable bonds is 9. The average Bonchev–Trinajstić information content (AvgIpc) is 3.36. The van der Waals surface area contributed by atoms with Gasteiger partial charge in [0.1, 0.15) is 0 Å². The van der Waals surface area contributed by atoms with Crippen LogP contribution in [0.3, 0.4) is 0 Å². The van der Waals surface area contributed by atoms with Gasteiger partial charge >= 0.3 is 5.97 Å². The van der Waals surface area contributed by atoms with E-state index in [2.05, 4.69) is 17.0 Å². The van der Waals surface area contributed by atoms with E-state index in [1.54, 1.807) is 24.3 Å². The summed E-state index contributed by atoms with van der Waals surface area (Å²) in [6.45, 7) is 3.86. The number of carbonyl (C=O) groups excluding carboxylic acids is 1. The molecule has 1 aromatic rings. The lowest BCUT2D eigenvalue weighted by molar-refractivity contribution is -0.143. The first kappa shape index (κ1) is 20.9. The molecule has 1 aromatic carbocycles. The van der Waals surface area contributed by atoms with Crippen molar-refractivity contribution in [3.8, 4) is 0 Å². The first-order chi connectivity index (χ1) is 11.0. The van der Waals surface area contributed by atoms with Crippen molar-refractivity contribution in [2.24, 2.45) is 0 Å². The van der Waals surface area contributed by atoms with Crippen LogP contribution in [0.2, 0.25) is 0 Å². The molecular formula is C16H25ClN2O4S. The molecule has 0 unspecified atom stereocenters. The van der Waals surface area contributed by atoms with Crippen LogP contribution in [0, 0.1) is 0 Å². The molecular weight excluding hydrogens is 352 g/mol. The van der Waals surface area contributed by atoms with Crippen molar-refractivity contribution < 1.29 is 17.9 Å². The van der Waals surface area contributed by atoms with Crippen LogP contribution in [0.4, 0.5) is 0 Å². The van der Waals surface area contributed by atoms with Gasteiger partial charge in [-0.1, -0.05) is 19.1 Å². The van der Waals surface area contributed by atoms with Crippen molar-refractivity contribution >= 4 is 28.4 Å². The van der Waals surface area contributed by atoms with Crippen molar-refractivity contribution in [2.45, 2.75) is 36.5 Å². The third kappa shape index (κ3) is 4.69. The Kier molecular flexibility index (Phi) is 7.66. The molecule has 136 valence electrons. The van der Waals surface area contributed by atoms with E-state index < -0.39 is 15.4 Å². The van der Waals surface area contributed by atoms with Crippen LogP contribution in [-0.2, 0) is 25.0 Å². The maximum Gasteiger partial charge on any atom is 0.316 e. The van der Waals surface area contributed by atoms with Crippen LogP contribution in [0.1, 0.15) is 31.7 Å². The fourth-order valence-corrected chi connectivity index (χ4v) is 3.57. The van der Waals surface area contributed by atoms with Gasteiger partial charge in [0.15, 0.2) is 0 Å². The van der Waals surface area contributed by atoms with Gasteiger partial charge in [-0.25, -0.2) is 13.1 Å². The lowest BCUT2D eigenvalue weighted by atomic mass is 9.96. The van der Waals surface area contributed by atoms with Crippen molar-refractivity contribution in [2.75, 3.05) is 26.7 Å². The smallest absolute Gasteiger partial charge is 0.316 e. The minimum Gasteiger partial charge on any atom is -0.468 e. The molecule has 0 heterocycles. The normalized spacial score (nSPS) is 15.4. The van der Waals surface area contributed by atoms with Gasteiger partial charge in [0.05, 0.1) is 17.4 Å². The number of hydrogen-bond donors (Lipinski definition) is 2. The van der Waals surface area contributed by atoms with E-state index in [1.165, 1.54) is 7.11 Å². The Hall–Kier alpha value is -1.15. The monoisotopic (exact) mass is 376 g/mol. The molecule has 1 fully saturated rings. The summed E-state index contributed by atoms with van der Waals surface area (Å²) < 4.78 is 31.8. The molecule has 2 N–H and O–H groups in total. The Morgan fingerprint density at radius 1 is 1.17 bits per heavy atom. The first-order valence-corrected chi connectivity index (χ1v) is 9.34. The fraction of sp³-hybridized carbons (Fsp3) is 0.562. The Labute approximate surface area is 149 Å². The van der Waals surface area contributed by atoms with Crippen LogP contribution in [0.15, 0.2) is 29.2 Å². The lowest BCUT2D eigenvalue weighted by Gasteiger charge is -2.14. The number of esters is 1. The zero-order valence-electron chi connectivity index (χ0n) is 14.0. The van der Waals surface area contributed by atoms with Crippen LogP contribution in [0.5, 0.6) is 0 Å².